The zero-order valence-corrected chi connectivity index (χ0v) is 13.0. The summed E-state index contributed by atoms with van der Waals surface area (Å²) in [4.78, 5) is 0. The van der Waals surface area contributed by atoms with Gasteiger partial charge in [0.1, 0.15) is 0 Å². The van der Waals surface area contributed by atoms with Crippen molar-refractivity contribution >= 4 is 9.84 Å². The minimum absolute atomic E-state index is 0.0897. The minimum Gasteiger partial charge on any atom is -0.309 e. The highest BCUT2D eigenvalue weighted by Crippen LogP contribution is 2.26. The van der Waals surface area contributed by atoms with Gasteiger partial charge in [-0.2, -0.15) is 0 Å². The van der Waals surface area contributed by atoms with Gasteiger partial charge in [-0.1, -0.05) is 56.5 Å². The standard InChI is InChI=1S/C16H25NO2S/c1-2-17-16(14-9-5-3-6-10-14)13-20(18,19)15-11-7-4-8-12-15/h3,5-6,9-10,15-17H,2,4,7-8,11-13H2,1H3. The highest BCUT2D eigenvalue weighted by atomic mass is 32.2. The highest BCUT2D eigenvalue weighted by molar-refractivity contribution is 7.92. The normalized spacial score (nSPS) is 18.9. The van der Waals surface area contributed by atoms with E-state index in [0.717, 1.165) is 37.8 Å². The van der Waals surface area contributed by atoms with Crippen LogP contribution >= 0.6 is 0 Å². The van der Waals surface area contributed by atoms with Crippen molar-refractivity contribution in [1.29, 1.82) is 0 Å². The van der Waals surface area contributed by atoms with E-state index < -0.39 is 9.84 Å². The Labute approximate surface area is 122 Å². The maximum Gasteiger partial charge on any atom is 0.155 e. The van der Waals surface area contributed by atoms with Crippen LogP contribution in [0.5, 0.6) is 0 Å². The second kappa shape index (κ2) is 7.23. The van der Waals surface area contributed by atoms with Crippen molar-refractivity contribution in [1.82, 2.24) is 5.32 Å². The first-order chi connectivity index (χ1) is 9.63. The van der Waals surface area contributed by atoms with Gasteiger partial charge >= 0.3 is 0 Å². The highest BCUT2D eigenvalue weighted by Gasteiger charge is 2.30. The van der Waals surface area contributed by atoms with Crippen molar-refractivity contribution in [2.45, 2.75) is 50.3 Å². The SMILES string of the molecule is CCNC(CS(=O)(=O)C1CCCCC1)c1ccccc1. The molecule has 0 spiro atoms. The van der Waals surface area contributed by atoms with E-state index in [-0.39, 0.29) is 17.0 Å². The molecule has 1 unspecified atom stereocenters. The van der Waals surface area contributed by atoms with Crippen LogP contribution < -0.4 is 5.32 Å². The van der Waals surface area contributed by atoms with Gasteiger partial charge in [0, 0.05) is 6.04 Å². The first-order valence-electron chi connectivity index (χ1n) is 7.63. The molecule has 4 heteroatoms. The molecule has 0 heterocycles. The molecule has 1 fully saturated rings. The van der Waals surface area contributed by atoms with Crippen molar-refractivity contribution in [3.8, 4) is 0 Å². The van der Waals surface area contributed by atoms with Gasteiger partial charge in [-0.05, 0) is 24.9 Å². The third kappa shape index (κ3) is 4.06. The van der Waals surface area contributed by atoms with Crippen LogP contribution in [-0.2, 0) is 9.84 Å². The molecule has 1 aromatic carbocycles. The molecule has 1 aliphatic rings. The summed E-state index contributed by atoms with van der Waals surface area (Å²) in [6.45, 7) is 2.79. The van der Waals surface area contributed by atoms with Crippen LogP contribution in [0, 0.1) is 0 Å². The van der Waals surface area contributed by atoms with Gasteiger partial charge in [0.2, 0.25) is 0 Å². The molecule has 3 nitrogen and oxygen atoms in total. The van der Waals surface area contributed by atoms with E-state index in [1.807, 2.05) is 37.3 Å². The fourth-order valence-electron chi connectivity index (χ4n) is 3.00. The summed E-state index contributed by atoms with van der Waals surface area (Å²) >= 11 is 0. The minimum atomic E-state index is -3.02. The molecule has 0 aliphatic heterocycles. The van der Waals surface area contributed by atoms with Gasteiger partial charge in [-0.3, -0.25) is 0 Å². The monoisotopic (exact) mass is 295 g/mol. The Morgan fingerprint density at radius 3 is 2.40 bits per heavy atom. The Morgan fingerprint density at radius 1 is 1.15 bits per heavy atom. The Bertz CT molecular complexity index is 492. The molecule has 0 radical (unpaired) electrons. The van der Waals surface area contributed by atoms with Crippen LogP contribution in [0.15, 0.2) is 30.3 Å². The van der Waals surface area contributed by atoms with Gasteiger partial charge in [0.15, 0.2) is 9.84 Å². The summed E-state index contributed by atoms with van der Waals surface area (Å²) in [6.07, 6.45) is 4.98. The Hall–Kier alpha value is -0.870. The number of sulfone groups is 1. The Kier molecular flexibility index (Phi) is 5.61. The molecule has 0 saturated heterocycles. The lowest BCUT2D eigenvalue weighted by atomic mass is 10.0. The number of nitrogens with one attached hydrogen (secondary N) is 1. The van der Waals surface area contributed by atoms with Crippen molar-refractivity contribution in [2.24, 2.45) is 0 Å². The lowest BCUT2D eigenvalue weighted by Gasteiger charge is -2.25. The summed E-state index contributed by atoms with van der Waals surface area (Å²) < 4.78 is 25.2. The van der Waals surface area contributed by atoms with E-state index in [4.69, 9.17) is 0 Å². The van der Waals surface area contributed by atoms with Gasteiger partial charge in [-0.15, -0.1) is 0 Å². The van der Waals surface area contributed by atoms with E-state index in [1.54, 1.807) is 0 Å². The molecule has 0 amide bonds. The van der Waals surface area contributed by atoms with Crippen LogP contribution in [-0.4, -0.2) is 26.0 Å². The average Bonchev–Trinajstić information content (AvgIpc) is 2.48. The van der Waals surface area contributed by atoms with Gasteiger partial charge in [-0.25, -0.2) is 8.42 Å². The Morgan fingerprint density at radius 2 is 1.80 bits per heavy atom. The van der Waals surface area contributed by atoms with Crippen molar-refractivity contribution in [3.63, 3.8) is 0 Å². The summed E-state index contributed by atoms with van der Waals surface area (Å²) in [7, 11) is -3.02. The predicted octanol–water partition coefficient (Wildman–Crippen LogP) is 3.08. The molecule has 1 N–H and O–H groups in total. The largest absolute Gasteiger partial charge is 0.309 e. The van der Waals surface area contributed by atoms with Crippen LogP contribution in [0.2, 0.25) is 0 Å². The van der Waals surface area contributed by atoms with Crippen molar-refractivity contribution in [2.75, 3.05) is 12.3 Å². The molecular weight excluding hydrogens is 270 g/mol. The topological polar surface area (TPSA) is 46.2 Å². The molecule has 1 atom stereocenters. The number of benzene rings is 1. The lowest BCUT2D eigenvalue weighted by molar-refractivity contribution is 0.477. The second-order valence-corrected chi connectivity index (χ2v) is 7.94. The molecule has 1 saturated carbocycles. The van der Waals surface area contributed by atoms with Gasteiger partial charge in [0.25, 0.3) is 0 Å². The van der Waals surface area contributed by atoms with Gasteiger partial charge < -0.3 is 5.32 Å². The Balaban J connectivity index is 2.11. The van der Waals surface area contributed by atoms with E-state index in [2.05, 4.69) is 5.32 Å². The smallest absolute Gasteiger partial charge is 0.155 e. The fourth-order valence-corrected chi connectivity index (χ4v) is 5.10. The third-order valence-corrected chi connectivity index (χ3v) is 6.40. The van der Waals surface area contributed by atoms with Crippen LogP contribution in [0.25, 0.3) is 0 Å². The second-order valence-electron chi connectivity index (χ2n) is 5.61. The van der Waals surface area contributed by atoms with Crippen LogP contribution in [0.3, 0.4) is 0 Å². The van der Waals surface area contributed by atoms with Crippen molar-refractivity contribution < 1.29 is 8.42 Å². The summed E-state index contributed by atoms with van der Waals surface area (Å²) in [5.41, 5.74) is 1.06. The zero-order valence-electron chi connectivity index (χ0n) is 12.2. The van der Waals surface area contributed by atoms with E-state index in [9.17, 15) is 8.42 Å². The summed E-state index contributed by atoms with van der Waals surface area (Å²) in [6, 6.07) is 9.81. The molecule has 112 valence electrons. The van der Waals surface area contributed by atoms with E-state index in [0.29, 0.717) is 0 Å². The first-order valence-corrected chi connectivity index (χ1v) is 9.35. The van der Waals surface area contributed by atoms with E-state index in [1.165, 1.54) is 6.42 Å². The predicted molar refractivity (Wildman–Crippen MR) is 83.5 cm³/mol. The molecule has 2 rings (SSSR count). The molecular formula is C16H25NO2S. The molecule has 1 aromatic rings. The summed E-state index contributed by atoms with van der Waals surface area (Å²) in [5, 5.41) is 3.19. The molecule has 0 aromatic heterocycles. The van der Waals surface area contributed by atoms with Crippen LogP contribution in [0.4, 0.5) is 0 Å². The summed E-state index contributed by atoms with van der Waals surface area (Å²) in [5.74, 6) is 0.218. The number of hydrogen-bond acceptors (Lipinski definition) is 3. The maximum absolute atomic E-state index is 12.6. The van der Waals surface area contributed by atoms with Crippen LogP contribution in [0.1, 0.15) is 50.6 Å². The van der Waals surface area contributed by atoms with E-state index >= 15 is 0 Å². The maximum atomic E-state index is 12.6. The fraction of sp³-hybridized carbons (Fsp3) is 0.625. The quantitative estimate of drug-likeness (QED) is 0.877. The lowest BCUT2D eigenvalue weighted by Crippen LogP contribution is -2.34. The molecule has 20 heavy (non-hydrogen) atoms. The molecule has 1 aliphatic carbocycles. The van der Waals surface area contributed by atoms with Crippen molar-refractivity contribution in [3.05, 3.63) is 35.9 Å². The number of hydrogen-bond donors (Lipinski definition) is 1. The van der Waals surface area contributed by atoms with Gasteiger partial charge in [0.05, 0.1) is 11.0 Å². The number of rotatable bonds is 6. The molecule has 0 bridgehead atoms. The third-order valence-electron chi connectivity index (χ3n) is 4.11. The average molecular weight is 295 g/mol. The zero-order chi connectivity index (χ0) is 14.4. The first kappa shape index (κ1) is 15.5.